The van der Waals surface area contributed by atoms with E-state index < -0.39 is 6.85 Å². The van der Waals surface area contributed by atoms with Crippen molar-refractivity contribution in [1.82, 2.24) is 0 Å². The van der Waals surface area contributed by atoms with Crippen molar-refractivity contribution < 1.29 is 10.1 Å². The van der Waals surface area contributed by atoms with Gasteiger partial charge in [-0.15, -0.1) is 0 Å². The molecule has 1 aromatic heterocycles. The zero-order chi connectivity index (χ0) is 19.0. The minimum absolute atomic E-state index is 0.0351. The summed E-state index contributed by atoms with van der Waals surface area (Å²) >= 11 is 0. The highest BCUT2D eigenvalue weighted by atomic mass is 14.9. The van der Waals surface area contributed by atoms with Gasteiger partial charge in [-0.1, -0.05) is 38.5 Å². The Kier molecular flexibility index (Phi) is 3.15. The van der Waals surface area contributed by atoms with Crippen LogP contribution in [0.4, 0.5) is 0 Å². The van der Waals surface area contributed by atoms with Crippen LogP contribution in [0.25, 0.3) is 11.3 Å². The Morgan fingerprint density at radius 2 is 1.95 bits per heavy atom. The van der Waals surface area contributed by atoms with E-state index in [0.717, 1.165) is 35.2 Å². The summed E-state index contributed by atoms with van der Waals surface area (Å²) in [6.07, 6.45) is 3.80. The lowest BCUT2D eigenvalue weighted by Crippen LogP contribution is -2.32. The fraction of sp³-hybridized carbons (Fsp3) is 0.450. The summed E-state index contributed by atoms with van der Waals surface area (Å²) in [5, 5.41) is 0. The van der Waals surface area contributed by atoms with Gasteiger partial charge in [0.05, 0.1) is 1.37 Å². The molecule has 2 rings (SSSR count). The van der Waals surface area contributed by atoms with Crippen LogP contribution in [0, 0.1) is 13.8 Å². The van der Waals surface area contributed by atoms with E-state index in [2.05, 4.69) is 26.8 Å². The third kappa shape index (κ3) is 3.02. The number of hydrogen-bond acceptors (Lipinski definition) is 0. The van der Waals surface area contributed by atoms with E-state index in [0.29, 0.717) is 11.6 Å². The number of rotatable bonds is 4. The van der Waals surface area contributed by atoms with Crippen LogP contribution < -0.4 is 4.57 Å². The average Bonchev–Trinajstić information content (AvgIpc) is 2.54. The molecule has 0 aliphatic heterocycles. The van der Waals surface area contributed by atoms with Crippen LogP contribution >= 0.6 is 0 Å². The van der Waals surface area contributed by atoms with E-state index in [1.807, 2.05) is 30.8 Å². The highest BCUT2D eigenvalue weighted by Crippen LogP contribution is 2.32. The lowest BCUT2D eigenvalue weighted by Gasteiger charge is -2.27. The summed E-state index contributed by atoms with van der Waals surface area (Å²) < 4.78 is 33.1. The van der Waals surface area contributed by atoms with Gasteiger partial charge in [0, 0.05) is 21.8 Å². The zero-order valence-electron chi connectivity index (χ0n) is 17.7. The molecule has 2 aromatic rings. The average molecular weight is 286 g/mol. The molecule has 0 aliphatic rings. The predicted molar refractivity (Wildman–Crippen MR) is 90.5 cm³/mol. The summed E-state index contributed by atoms with van der Waals surface area (Å²) in [5.74, 6) is 0. The fourth-order valence-corrected chi connectivity index (χ4v) is 2.71. The molecule has 1 aromatic carbocycles. The number of aryl methyl sites for hydroxylation is 3. The van der Waals surface area contributed by atoms with Crippen molar-refractivity contribution in [3.05, 3.63) is 53.2 Å². The number of hydrogen-bond donors (Lipinski definition) is 0. The minimum Gasteiger partial charge on any atom is -0.201 e. The molecular formula is C20H28N+. The molecule has 0 fully saturated rings. The van der Waals surface area contributed by atoms with Crippen molar-refractivity contribution in [3.8, 4) is 11.3 Å². The Labute approximate surface area is 135 Å². The Hall–Kier alpha value is -1.63. The van der Waals surface area contributed by atoms with Crippen LogP contribution in [-0.4, -0.2) is 0 Å². The zero-order valence-corrected chi connectivity index (χ0v) is 13.7. The normalized spacial score (nSPS) is 15.1. The first-order chi connectivity index (χ1) is 11.5. The first kappa shape index (κ1) is 11.0. The van der Waals surface area contributed by atoms with Crippen molar-refractivity contribution in [2.75, 3.05) is 0 Å². The lowest BCUT2D eigenvalue weighted by atomic mass is 9.78. The van der Waals surface area contributed by atoms with Gasteiger partial charge >= 0.3 is 0 Å². The van der Waals surface area contributed by atoms with Gasteiger partial charge in [-0.2, -0.15) is 0 Å². The molecule has 0 amide bonds. The second kappa shape index (κ2) is 6.01. The van der Waals surface area contributed by atoms with E-state index in [1.165, 1.54) is 0 Å². The molecule has 21 heavy (non-hydrogen) atoms. The summed E-state index contributed by atoms with van der Waals surface area (Å²) in [5.41, 5.74) is 4.32. The second-order valence-electron chi connectivity index (χ2n) is 6.13. The second-order valence-corrected chi connectivity index (χ2v) is 6.13. The molecule has 0 bridgehead atoms. The Bertz CT molecular complexity index is 774. The summed E-state index contributed by atoms with van der Waals surface area (Å²) in [4.78, 5) is 0. The van der Waals surface area contributed by atoms with Gasteiger partial charge < -0.3 is 0 Å². The third-order valence-electron chi connectivity index (χ3n) is 4.79. The summed E-state index contributed by atoms with van der Waals surface area (Å²) in [6.45, 7) is 6.37. The van der Waals surface area contributed by atoms with Crippen molar-refractivity contribution in [1.29, 1.82) is 0 Å². The van der Waals surface area contributed by atoms with Crippen LogP contribution in [0.3, 0.4) is 0 Å². The maximum atomic E-state index is 8.41. The molecule has 1 heteroatoms. The standard InChI is InChI=1S/C20H28N/c1-7-20(5,8-2)17-11-12-21(6)19(14-17)18-10-9-15(3)13-16(18)4/h9-14H,7-8H2,1-6H3/q+1/i3D3,11D. The van der Waals surface area contributed by atoms with E-state index >= 15 is 0 Å². The first-order valence-electron chi connectivity index (χ1n) is 9.65. The highest BCUT2D eigenvalue weighted by molar-refractivity contribution is 5.62. The summed E-state index contributed by atoms with van der Waals surface area (Å²) in [7, 11) is 1.93. The molecule has 0 saturated carbocycles. The van der Waals surface area contributed by atoms with E-state index in [9.17, 15) is 0 Å². The largest absolute Gasteiger partial charge is 0.212 e. The highest BCUT2D eigenvalue weighted by Gasteiger charge is 2.25. The molecule has 0 atom stereocenters. The Morgan fingerprint density at radius 1 is 1.24 bits per heavy atom. The monoisotopic (exact) mass is 286 g/mol. The number of aromatic nitrogens is 1. The van der Waals surface area contributed by atoms with Gasteiger partial charge in [-0.3, -0.25) is 0 Å². The molecule has 0 unspecified atom stereocenters. The Morgan fingerprint density at radius 3 is 2.52 bits per heavy atom. The number of pyridine rings is 1. The number of benzene rings is 1. The van der Waals surface area contributed by atoms with Gasteiger partial charge in [-0.25, -0.2) is 4.57 Å². The predicted octanol–water partition coefficient (Wildman–Crippen LogP) is 4.87. The molecule has 1 heterocycles. The molecule has 1 nitrogen and oxygen atoms in total. The molecule has 0 aliphatic carbocycles. The lowest BCUT2D eigenvalue weighted by molar-refractivity contribution is -0.660. The smallest absolute Gasteiger partial charge is 0.201 e. The van der Waals surface area contributed by atoms with Gasteiger partial charge in [0.1, 0.15) is 7.05 Å². The van der Waals surface area contributed by atoms with Crippen molar-refractivity contribution in [2.24, 2.45) is 7.05 Å². The molecule has 0 radical (unpaired) electrons. The van der Waals surface area contributed by atoms with Crippen LogP contribution in [-0.2, 0) is 12.5 Å². The van der Waals surface area contributed by atoms with Crippen molar-refractivity contribution >= 4 is 0 Å². The maximum Gasteiger partial charge on any atom is 0.212 e. The van der Waals surface area contributed by atoms with E-state index in [1.54, 1.807) is 12.1 Å². The van der Waals surface area contributed by atoms with Gasteiger partial charge in [0.2, 0.25) is 5.69 Å². The first-order valence-corrected chi connectivity index (χ1v) is 7.65. The molecular weight excluding hydrogens is 254 g/mol. The van der Waals surface area contributed by atoms with E-state index in [4.69, 9.17) is 5.48 Å². The molecule has 0 spiro atoms. The van der Waals surface area contributed by atoms with Gasteiger partial charge in [0.15, 0.2) is 6.20 Å². The number of nitrogens with zero attached hydrogens (tertiary/aromatic N) is 1. The third-order valence-corrected chi connectivity index (χ3v) is 4.79. The van der Waals surface area contributed by atoms with Crippen molar-refractivity contribution in [3.63, 3.8) is 0 Å². The Balaban J connectivity index is 2.64. The molecule has 0 N–H and O–H groups in total. The minimum atomic E-state index is -2.09. The topological polar surface area (TPSA) is 3.88 Å². The SMILES string of the molecule is [2H]c1c[n+](C)c(-c2ccc(C([2H])([2H])[2H])cc2C)cc1C(C)(CC)CC. The fourth-order valence-electron chi connectivity index (χ4n) is 2.71. The molecule has 112 valence electrons. The van der Waals surface area contributed by atoms with E-state index in [-0.39, 0.29) is 5.41 Å². The van der Waals surface area contributed by atoms with Crippen LogP contribution in [0.5, 0.6) is 0 Å². The van der Waals surface area contributed by atoms with Crippen LogP contribution in [0.2, 0.25) is 0 Å². The maximum absolute atomic E-state index is 8.41. The quantitative estimate of drug-likeness (QED) is 0.706. The molecule has 0 saturated heterocycles. The van der Waals surface area contributed by atoms with Crippen LogP contribution in [0.1, 0.15) is 55.8 Å². The van der Waals surface area contributed by atoms with Gasteiger partial charge in [-0.05, 0) is 49.2 Å². The summed E-state index contributed by atoms with van der Waals surface area (Å²) in [6, 6.07) is 7.97. The van der Waals surface area contributed by atoms with Gasteiger partial charge in [0.25, 0.3) is 0 Å². The van der Waals surface area contributed by atoms with Crippen molar-refractivity contribution in [2.45, 2.75) is 52.8 Å². The van der Waals surface area contributed by atoms with Crippen LogP contribution in [0.15, 0.2) is 36.5 Å².